The average Bonchev–Trinajstić information content (AvgIpc) is 2.48. The third-order valence-corrected chi connectivity index (χ3v) is 4.01. The van der Waals surface area contributed by atoms with E-state index in [2.05, 4.69) is 21.2 Å². The second kappa shape index (κ2) is 7.13. The molecule has 2 N–H and O–H groups in total. The fraction of sp³-hybridized carbons (Fsp3) is 0.188. The molecule has 5 heteroatoms. The highest BCUT2D eigenvalue weighted by molar-refractivity contribution is 9.10. The van der Waals surface area contributed by atoms with Gasteiger partial charge in [-0.1, -0.05) is 18.2 Å². The SMILES string of the molecule is Cc1cccc(NCCOc2cccc(C(=O)O)c2)c1Br. The molecule has 0 saturated carbocycles. The van der Waals surface area contributed by atoms with Gasteiger partial charge in [-0.25, -0.2) is 4.79 Å². The topological polar surface area (TPSA) is 58.6 Å². The minimum absolute atomic E-state index is 0.224. The van der Waals surface area contributed by atoms with Crippen LogP contribution in [-0.2, 0) is 0 Å². The highest BCUT2D eigenvalue weighted by Crippen LogP contribution is 2.25. The molecule has 0 radical (unpaired) electrons. The highest BCUT2D eigenvalue weighted by atomic mass is 79.9. The lowest BCUT2D eigenvalue weighted by molar-refractivity contribution is 0.0696. The number of aryl methyl sites for hydroxylation is 1. The summed E-state index contributed by atoms with van der Waals surface area (Å²) in [6.45, 7) is 3.10. The van der Waals surface area contributed by atoms with Crippen LogP contribution in [-0.4, -0.2) is 24.2 Å². The molecule has 2 aromatic rings. The van der Waals surface area contributed by atoms with E-state index in [-0.39, 0.29) is 5.56 Å². The van der Waals surface area contributed by atoms with Crippen molar-refractivity contribution >= 4 is 27.6 Å². The van der Waals surface area contributed by atoms with Gasteiger partial charge in [0.15, 0.2) is 0 Å². The Labute approximate surface area is 131 Å². The molecular formula is C16H16BrNO3. The molecule has 0 saturated heterocycles. The summed E-state index contributed by atoms with van der Waals surface area (Å²) >= 11 is 3.53. The summed E-state index contributed by atoms with van der Waals surface area (Å²) in [7, 11) is 0. The van der Waals surface area contributed by atoms with Crippen molar-refractivity contribution in [3.05, 3.63) is 58.1 Å². The van der Waals surface area contributed by atoms with Crippen LogP contribution in [0.5, 0.6) is 5.75 Å². The molecule has 0 aliphatic rings. The van der Waals surface area contributed by atoms with Crippen LogP contribution in [0.25, 0.3) is 0 Å². The van der Waals surface area contributed by atoms with E-state index in [9.17, 15) is 4.79 Å². The van der Waals surface area contributed by atoms with Crippen LogP contribution in [0, 0.1) is 6.92 Å². The van der Waals surface area contributed by atoms with Gasteiger partial charge in [0.1, 0.15) is 12.4 Å². The van der Waals surface area contributed by atoms with Crippen LogP contribution < -0.4 is 10.1 Å². The molecule has 0 fully saturated rings. The van der Waals surface area contributed by atoms with Crippen LogP contribution in [0.15, 0.2) is 46.9 Å². The number of halogens is 1. The Hall–Kier alpha value is -2.01. The molecule has 0 unspecified atom stereocenters. The van der Waals surface area contributed by atoms with Crippen LogP contribution >= 0.6 is 15.9 Å². The minimum Gasteiger partial charge on any atom is -0.492 e. The Morgan fingerprint density at radius 1 is 1.29 bits per heavy atom. The monoisotopic (exact) mass is 349 g/mol. The van der Waals surface area contributed by atoms with Gasteiger partial charge in [-0.2, -0.15) is 0 Å². The first-order chi connectivity index (χ1) is 10.1. The van der Waals surface area contributed by atoms with E-state index in [0.717, 1.165) is 15.7 Å². The van der Waals surface area contributed by atoms with Crippen molar-refractivity contribution in [1.82, 2.24) is 0 Å². The first-order valence-corrected chi connectivity index (χ1v) is 7.32. The molecule has 0 aliphatic heterocycles. The summed E-state index contributed by atoms with van der Waals surface area (Å²) in [5.41, 5.74) is 2.40. The molecule has 4 nitrogen and oxygen atoms in total. The smallest absolute Gasteiger partial charge is 0.335 e. The van der Waals surface area contributed by atoms with Gasteiger partial charge in [0.05, 0.1) is 5.56 Å². The average molecular weight is 350 g/mol. The zero-order valence-corrected chi connectivity index (χ0v) is 13.2. The van der Waals surface area contributed by atoms with Crippen molar-refractivity contribution < 1.29 is 14.6 Å². The van der Waals surface area contributed by atoms with E-state index >= 15 is 0 Å². The number of carboxylic acids is 1. The second-order valence-corrected chi connectivity index (χ2v) is 5.34. The number of anilines is 1. The van der Waals surface area contributed by atoms with Gasteiger partial charge in [0, 0.05) is 16.7 Å². The summed E-state index contributed by atoms with van der Waals surface area (Å²) in [5.74, 6) is -0.401. The molecule has 21 heavy (non-hydrogen) atoms. The zero-order valence-electron chi connectivity index (χ0n) is 11.6. The first-order valence-electron chi connectivity index (χ1n) is 6.53. The van der Waals surface area contributed by atoms with E-state index in [0.29, 0.717) is 18.9 Å². The number of benzene rings is 2. The Balaban J connectivity index is 1.86. The molecule has 0 aromatic heterocycles. The number of carbonyl (C=O) groups is 1. The number of aromatic carboxylic acids is 1. The Morgan fingerprint density at radius 3 is 2.81 bits per heavy atom. The van der Waals surface area contributed by atoms with Gasteiger partial charge < -0.3 is 15.2 Å². The van der Waals surface area contributed by atoms with Crippen LogP contribution in [0.1, 0.15) is 15.9 Å². The molecular weight excluding hydrogens is 334 g/mol. The predicted octanol–water partition coefficient (Wildman–Crippen LogP) is 3.95. The third-order valence-electron chi connectivity index (χ3n) is 2.96. The molecule has 0 amide bonds. The third kappa shape index (κ3) is 4.23. The highest BCUT2D eigenvalue weighted by Gasteiger charge is 2.04. The standard InChI is InChI=1S/C16H16BrNO3/c1-11-4-2-7-14(15(11)17)18-8-9-21-13-6-3-5-12(10-13)16(19)20/h2-7,10,18H,8-9H2,1H3,(H,19,20). The normalized spacial score (nSPS) is 10.2. The summed E-state index contributed by atoms with van der Waals surface area (Å²) < 4.78 is 6.59. The maximum atomic E-state index is 10.9. The maximum absolute atomic E-state index is 10.9. The van der Waals surface area contributed by atoms with E-state index < -0.39 is 5.97 Å². The van der Waals surface area contributed by atoms with E-state index in [1.165, 1.54) is 12.1 Å². The van der Waals surface area contributed by atoms with Crippen LogP contribution in [0.2, 0.25) is 0 Å². The lowest BCUT2D eigenvalue weighted by Gasteiger charge is -2.11. The van der Waals surface area contributed by atoms with Gasteiger partial charge in [0.2, 0.25) is 0 Å². The lowest BCUT2D eigenvalue weighted by Crippen LogP contribution is -2.12. The molecule has 0 aliphatic carbocycles. The van der Waals surface area contributed by atoms with Gasteiger partial charge in [-0.3, -0.25) is 0 Å². The van der Waals surface area contributed by atoms with Gasteiger partial charge in [0.25, 0.3) is 0 Å². The molecule has 2 rings (SSSR count). The summed E-state index contributed by atoms with van der Waals surface area (Å²) in [5, 5.41) is 12.2. The van der Waals surface area contributed by atoms with Crippen molar-refractivity contribution in [2.75, 3.05) is 18.5 Å². The second-order valence-electron chi connectivity index (χ2n) is 4.54. The summed E-state index contributed by atoms with van der Waals surface area (Å²) in [6.07, 6.45) is 0. The Morgan fingerprint density at radius 2 is 2.05 bits per heavy atom. The number of nitrogens with one attached hydrogen (secondary N) is 1. The maximum Gasteiger partial charge on any atom is 0.335 e. The fourth-order valence-electron chi connectivity index (χ4n) is 1.86. The van der Waals surface area contributed by atoms with E-state index in [4.69, 9.17) is 9.84 Å². The van der Waals surface area contributed by atoms with Gasteiger partial charge in [-0.05, 0) is 52.7 Å². The quantitative estimate of drug-likeness (QED) is 0.775. The summed E-state index contributed by atoms with van der Waals surface area (Å²) in [6, 6.07) is 12.5. The number of rotatable bonds is 6. The van der Waals surface area contributed by atoms with Gasteiger partial charge in [-0.15, -0.1) is 0 Å². The van der Waals surface area contributed by atoms with Crippen LogP contribution in [0.4, 0.5) is 5.69 Å². The van der Waals surface area contributed by atoms with Gasteiger partial charge >= 0.3 is 5.97 Å². The number of hydrogen-bond donors (Lipinski definition) is 2. The molecule has 2 aromatic carbocycles. The molecule has 110 valence electrons. The van der Waals surface area contributed by atoms with Crippen molar-refractivity contribution in [2.24, 2.45) is 0 Å². The molecule has 0 spiro atoms. The Bertz CT molecular complexity index is 643. The van der Waals surface area contributed by atoms with E-state index in [1.807, 2.05) is 25.1 Å². The van der Waals surface area contributed by atoms with Crippen molar-refractivity contribution in [2.45, 2.75) is 6.92 Å². The number of hydrogen-bond acceptors (Lipinski definition) is 3. The lowest BCUT2D eigenvalue weighted by atomic mass is 10.2. The number of carboxylic acid groups (broad SMARTS) is 1. The molecule has 0 bridgehead atoms. The zero-order chi connectivity index (χ0) is 15.2. The summed E-state index contributed by atoms with van der Waals surface area (Å²) in [4.78, 5) is 10.9. The molecule has 0 atom stereocenters. The van der Waals surface area contributed by atoms with Crippen molar-refractivity contribution in [1.29, 1.82) is 0 Å². The van der Waals surface area contributed by atoms with Crippen molar-refractivity contribution in [3.8, 4) is 5.75 Å². The minimum atomic E-state index is -0.956. The molecule has 0 heterocycles. The Kier molecular flexibility index (Phi) is 5.22. The predicted molar refractivity (Wildman–Crippen MR) is 86.3 cm³/mol. The van der Waals surface area contributed by atoms with E-state index in [1.54, 1.807) is 12.1 Å². The largest absolute Gasteiger partial charge is 0.492 e. The first kappa shape index (κ1) is 15.4. The van der Waals surface area contributed by atoms with Crippen LogP contribution in [0.3, 0.4) is 0 Å². The number of ether oxygens (including phenoxy) is 1. The van der Waals surface area contributed by atoms with Crippen molar-refractivity contribution in [3.63, 3.8) is 0 Å². The fourth-order valence-corrected chi connectivity index (χ4v) is 2.26.